The molecule has 142 valence electrons. The van der Waals surface area contributed by atoms with Gasteiger partial charge >= 0.3 is 5.63 Å². The average Bonchev–Trinajstić information content (AvgIpc) is 3.12. The van der Waals surface area contributed by atoms with E-state index in [1.807, 2.05) is 24.3 Å². The van der Waals surface area contributed by atoms with Crippen LogP contribution in [0.2, 0.25) is 0 Å². The third-order valence-electron chi connectivity index (χ3n) is 4.68. The number of aryl methyl sites for hydroxylation is 1. The fraction of sp³-hybridized carbons (Fsp3) is 0.227. The molecule has 0 bridgehead atoms. The van der Waals surface area contributed by atoms with Crippen molar-refractivity contribution in [1.82, 2.24) is 9.97 Å². The lowest BCUT2D eigenvalue weighted by molar-refractivity contribution is 0.466. The number of hydrogen-bond acceptors (Lipinski definition) is 5. The third kappa shape index (κ3) is 3.81. The standard InChI is InChI=1S/C22H21N3O3/c26-21-15-8-3-6-11-19(15)28-22(27)16(21)14-23-13-7-1-2-12-20-24-17-9-4-5-10-18(17)25-20/h3-6,8-11,14,26H,1-2,7,12-13H2,(H,24,25). The molecule has 0 atom stereocenters. The van der Waals surface area contributed by atoms with Crippen molar-refractivity contribution in [2.45, 2.75) is 25.7 Å². The number of unbranched alkanes of at least 4 members (excludes halogenated alkanes) is 2. The number of aromatic amines is 1. The molecule has 2 aromatic heterocycles. The first-order valence-electron chi connectivity index (χ1n) is 9.40. The molecule has 2 N–H and O–H groups in total. The number of nitrogens with one attached hydrogen (secondary N) is 1. The SMILES string of the molecule is O=c1oc2ccccc2c(O)c1C=NCCCCCc1nc2ccccc2[nH]1. The highest BCUT2D eigenvalue weighted by atomic mass is 16.4. The summed E-state index contributed by atoms with van der Waals surface area (Å²) in [4.78, 5) is 24.2. The number of aromatic hydroxyl groups is 1. The molecule has 0 aliphatic carbocycles. The molecule has 0 aliphatic heterocycles. The van der Waals surface area contributed by atoms with Crippen molar-refractivity contribution < 1.29 is 9.52 Å². The number of imidazole rings is 1. The number of para-hydroxylation sites is 3. The summed E-state index contributed by atoms with van der Waals surface area (Å²) < 4.78 is 5.23. The minimum absolute atomic E-state index is 0.0829. The monoisotopic (exact) mass is 375 g/mol. The predicted octanol–water partition coefficient (Wildman–Crippen LogP) is 4.21. The van der Waals surface area contributed by atoms with E-state index in [2.05, 4.69) is 15.0 Å². The van der Waals surface area contributed by atoms with Gasteiger partial charge in [-0.05, 0) is 37.1 Å². The molecule has 6 heteroatoms. The van der Waals surface area contributed by atoms with Crippen LogP contribution < -0.4 is 5.63 Å². The van der Waals surface area contributed by atoms with Gasteiger partial charge in [-0.3, -0.25) is 4.99 Å². The highest BCUT2D eigenvalue weighted by Crippen LogP contribution is 2.24. The van der Waals surface area contributed by atoms with Crippen molar-refractivity contribution in [3.05, 3.63) is 70.3 Å². The maximum atomic E-state index is 12.0. The number of rotatable bonds is 7. The summed E-state index contributed by atoms with van der Waals surface area (Å²) in [6.07, 6.45) is 5.22. The lowest BCUT2D eigenvalue weighted by Crippen LogP contribution is -2.07. The molecule has 4 rings (SSSR count). The van der Waals surface area contributed by atoms with E-state index >= 15 is 0 Å². The van der Waals surface area contributed by atoms with Crippen LogP contribution in [0.4, 0.5) is 0 Å². The van der Waals surface area contributed by atoms with Gasteiger partial charge in [0.05, 0.1) is 16.4 Å². The predicted molar refractivity (Wildman–Crippen MR) is 110 cm³/mol. The molecule has 2 aromatic carbocycles. The van der Waals surface area contributed by atoms with Crippen LogP contribution in [0.5, 0.6) is 5.75 Å². The first kappa shape index (κ1) is 18.0. The first-order valence-corrected chi connectivity index (χ1v) is 9.40. The largest absolute Gasteiger partial charge is 0.506 e. The van der Waals surface area contributed by atoms with Gasteiger partial charge in [-0.15, -0.1) is 0 Å². The molecule has 4 aromatic rings. The summed E-state index contributed by atoms with van der Waals surface area (Å²) in [6, 6.07) is 14.9. The molecule has 6 nitrogen and oxygen atoms in total. The van der Waals surface area contributed by atoms with Gasteiger partial charge in [0.15, 0.2) is 0 Å². The lowest BCUT2D eigenvalue weighted by Gasteiger charge is -2.02. The van der Waals surface area contributed by atoms with Crippen LogP contribution in [0.3, 0.4) is 0 Å². The molecule has 0 unspecified atom stereocenters. The second-order valence-corrected chi connectivity index (χ2v) is 6.69. The number of fused-ring (bicyclic) bond motifs is 2. The van der Waals surface area contributed by atoms with Crippen LogP contribution in [-0.2, 0) is 6.42 Å². The van der Waals surface area contributed by atoms with Crippen LogP contribution in [0.15, 0.2) is 62.7 Å². The van der Waals surface area contributed by atoms with Crippen molar-refractivity contribution in [3.8, 4) is 5.75 Å². The Bertz CT molecular complexity index is 1160. The van der Waals surface area contributed by atoms with Gasteiger partial charge in [-0.2, -0.15) is 0 Å². The highest BCUT2D eigenvalue weighted by Gasteiger charge is 2.11. The van der Waals surface area contributed by atoms with Gasteiger partial charge in [-0.1, -0.05) is 30.7 Å². The maximum Gasteiger partial charge on any atom is 0.348 e. The van der Waals surface area contributed by atoms with Crippen molar-refractivity contribution in [2.24, 2.45) is 4.99 Å². The number of nitrogens with zero attached hydrogens (tertiary/aromatic N) is 2. The maximum absolute atomic E-state index is 12.0. The summed E-state index contributed by atoms with van der Waals surface area (Å²) in [7, 11) is 0. The van der Waals surface area contributed by atoms with Crippen LogP contribution >= 0.6 is 0 Å². The molecule has 2 heterocycles. The van der Waals surface area contributed by atoms with Crippen LogP contribution in [-0.4, -0.2) is 27.8 Å². The van der Waals surface area contributed by atoms with Gasteiger partial charge in [-0.25, -0.2) is 9.78 Å². The number of aliphatic imine (C=N–C) groups is 1. The van der Waals surface area contributed by atoms with E-state index in [1.54, 1.807) is 24.3 Å². The Kier molecular flexibility index (Phi) is 5.19. The molecular formula is C22H21N3O3. The van der Waals surface area contributed by atoms with E-state index in [4.69, 9.17) is 4.42 Å². The summed E-state index contributed by atoms with van der Waals surface area (Å²) in [5, 5.41) is 10.8. The van der Waals surface area contributed by atoms with Gasteiger partial charge in [0.1, 0.15) is 22.7 Å². The smallest absolute Gasteiger partial charge is 0.348 e. The first-order chi connectivity index (χ1) is 13.7. The zero-order valence-electron chi connectivity index (χ0n) is 15.4. The van der Waals surface area contributed by atoms with Gasteiger partial charge in [0.2, 0.25) is 0 Å². The highest BCUT2D eigenvalue weighted by molar-refractivity contribution is 5.93. The number of benzene rings is 2. The van der Waals surface area contributed by atoms with E-state index < -0.39 is 5.63 Å². The molecule has 0 aliphatic rings. The number of H-pyrrole nitrogens is 1. The van der Waals surface area contributed by atoms with Crippen LogP contribution in [0.1, 0.15) is 30.7 Å². The van der Waals surface area contributed by atoms with Gasteiger partial charge in [0, 0.05) is 19.2 Å². The molecule has 28 heavy (non-hydrogen) atoms. The average molecular weight is 375 g/mol. The number of aromatic nitrogens is 2. The van der Waals surface area contributed by atoms with E-state index in [9.17, 15) is 9.90 Å². The minimum Gasteiger partial charge on any atom is -0.506 e. The van der Waals surface area contributed by atoms with Crippen molar-refractivity contribution in [2.75, 3.05) is 6.54 Å². The van der Waals surface area contributed by atoms with Crippen molar-refractivity contribution in [1.29, 1.82) is 0 Å². The Labute approximate surface area is 161 Å². The quantitative estimate of drug-likeness (QED) is 0.288. The van der Waals surface area contributed by atoms with E-state index in [1.165, 1.54) is 6.21 Å². The fourth-order valence-electron chi connectivity index (χ4n) is 3.21. The normalized spacial score (nSPS) is 11.7. The van der Waals surface area contributed by atoms with E-state index in [0.717, 1.165) is 42.5 Å². The Hall–Kier alpha value is -3.41. The van der Waals surface area contributed by atoms with Crippen molar-refractivity contribution >= 4 is 28.2 Å². The van der Waals surface area contributed by atoms with Crippen LogP contribution in [0.25, 0.3) is 22.0 Å². The van der Waals surface area contributed by atoms with Crippen molar-refractivity contribution in [3.63, 3.8) is 0 Å². The molecular weight excluding hydrogens is 354 g/mol. The Balaban J connectivity index is 1.29. The molecule has 0 saturated heterocycles. The molecule has 0 spiro atoms. The summed E-state index contributed by atoms with van der Waals surface area (Å²) in [5.74, 6) is 0.920. The molecule has 0 radical (unpaired) electrons. The lowest BCUT2D eigenvalue weighted by atomic mass is 10.1. The minimum atomic E-state index is -0.579. The van der Waals surface area contributed by atoms with Crippen LogP contribution in [0, 0.1) is 0 Å². The van der Waals surface area contributed by atoms with Gasteiger partial charge in [0.25, 0.3) is 0 Å². The zero-order valence-corrected chi connectivity index (χ0v) is 15.4. The Morgan fingerprint density at radius 2 is 1.89 bits per heavy atom. The van der Waals surface area contributed by atoms with Gasteiger partial charge < -0.3 is 14.5 Å². The molecule has 0 saturated carbocycles. The second kappa shape index (κ2) is 8.08. The summed E-state index contributed by atoms with van der Waals surface area (Å²) in [6.45, 7) is 0.589. The molecule has 0 amide bonds. The number of hydrogen-bond donors (Lipinski definition) is 2. The topological polar surface area (TPSA) is 91.5 Å². The molecule has 0 fully saturated rings. The van der Waals surface area contributed by atoms with E-state index in [-0.39, 0.29) is 11.3 Å². The third-order valence-corrected chi connectivity index (χ3v) is 4.68. The fourth-order valence-corrected chi connectivity index (χ4v) is 3.21. The van der Waals surface area contributed by atoms with E-state index in [0.29, 0.717) is 17.5 Å². The summed E-state index contributed by atoms with van der Waals surface area (Å²) >= 11 is 0. The Morgan fingerprint density at radius 1 is 1.07 bits per heavy atom. The second-order valence-electron chi connectivity index (χ2n) is 6.69. The zero-order chi connectivity index (χ0) is 19.3. The Morgan fingerprint density at radius 3 is 2.79 bits per heavy atom. The summed E-state index contributed by atoms with van der Waals surface area (Å²) in [5.41, 5.74) is 1.95.